The minimum atomic E-state index is -0.892. The van der Waals surface area contributed by atoms with Crippen LogP contribution in [0.15, 0.2) is 29.8 Å². The van der Waals surface area contributed by atoms with Crippen molar-refractivity contribution < 1.29 is 24.2 Å². The fourth-order valence-corrected chi connectivity index (χ4v) is 5.14. The van der Waals surface area contributed by atoms with E-state index in [2.05, 4.69) is 15.6 Å². The summed E-state index contributed by atoms with van der Waals surface area (Å²) in [5.41, 5.74) is 9.58. The number of rotatable bonds is 11. The van der Waals surface area contributed by atoms with Crippen molar-refractivity contribution in [1.82, 2.24) is 20.5 Å². The number of carbonyl (C=O) groups is 3. The van der Waals surface area contributed by atoms with Gasteiger partial charge in [-0.05, 0) is 36.4 Å². The smallest absolute Gasteiger partial charge is 0.246 e. The summed E-state index contributed by atoms with van der Waals surface area (Å²) in [7, 11) is 0. The van der Waals surface area contributed by atoms with Crippen LogP contribution >= 0.6 is 11.3 Å². The molecule has 0 aliphatic carbocycles. The SMILES string of the molecule is Cc1ncsc1-c1ccc(CNC(=O)C2CC(O)CN2C(=O)C(NC(=O)COCCCN)C(C)(C)C)cc1. The predicted octanol–water partition coefficient (Wildman–Crippen LogP) is 1.59. The van der Waals surface area contributed by atoms with E-state index < -0.39 is 35.4 Å². The average Bonchev–Trinajstić information content (AvgIpc) is 3.48. The number of nitrogens with two attached hydrogens (primary N) is 1. The molecule has 0 spiro atoms. The zero-order chi connectivity index (χ0) is 27.9. The summed E-state index contributed by atoms with van der Waals surface area (Å²) in [6.45, 7) is 8.42. The van der Waals surface area contributed by atoms with Crippen LogP contribution in [0.3, 0.4) is 0 Å². The molecular weight excluding hydrogens is 506 g/mol. The van der Waals surface area contributed by atoms with Crippen molar-refractivity contribution in [2.45, 2.75) is 65.3 Å². The number of nitrogens with one attached hydrogen (secondary N) is 2. The van der Waals surface area contributed by atoms with Crippen LogP contribution in [0.4, 0.5) is 0 Å². The van der Waals surface area contributed by atoms with Crippen molar-refractivity contribution in [1.29, 1.82) is 0 Å². The number of likely N-dealkylation sites (tertiary alicyclic amines) is 1. The van der Waals surface area contributed by atoms with Crippen molar-refractivity contribution in [2.75, 3.05) is 26.3 Å². The predicted molar refractivity (Wildman–Crippen MR) is 146 cm³/mol. The highest BCUT2D eigenvalue weighted by Crippen LogP contribution is 2.28. The number of thiazole rings is 1. The highest BCUT2D eigenvalue weighted by atomic mass is 32.1. The van der Waals surface area contributed by atoms with Gasteiger partial charge in [0.1, 0.15) is 18.7 Å². The molecule has 10 nitrogen and oxygen atoms in total. The zero-order valence-electron chi connectivity index (χ0n) is 22.5. The number of carbonyl (C=O) groups excluding carboxylic acids is 3. The first-order valence-corrected chi connectivity index (χ1v) is 13.7. The lowest BCUT2D eigenvalue weighted by Gasteiger charge is -2.35. The van der Waals surface area contributed by atoms with Crippen molar-refractivity contribution in [3.05, 3.63) is 41.0 Å². The molecule has 1 fully saturated rings. The lowest BCUT2D eigenvalue weighted by molar-refractivity contribution is -0.144. The number of aliphatic hydroxyl groups is 1. The topological polar surface area (TPSA) is 147 Å². The summed E-state index contributed by atoms with van der Waals surface area (Å²) >= 11 is 1.58. The van der Waals surface area contributed by atoms with Gasteiger partial charge in [-0.2, -0.15) is 0 Å². The van der Waals surface area contributed by atoms with E-state index in [4.69, 9.17) is 10.5 Å². The monoisotopic (exact) mass is 545 g/mol. The third-order valence-electron chi connectivity index (χ3n) is 6.44. The third-order valence-corrected chi connectivity index (χ3v) is 7.42. The van der Waals surface area contributed by atoms with Crippen LogP contribution in [0.25, 0.3) is 10.4 Å². The average molecular weight is 546 g/mol. The molecule has 3 atom stereocenters. The maximum atomic E-state index is 13.6. The van der Waals surface area contributed by atoms with Gasteiger partial charge in [-0.15, -0.1) is 11.3 Å². The van der Waals surface area contributed by atoms with E-state index in [1.54, 1.807) is 11.3 Å². The van der Waals surface area contributed by atoms with Gasteiger partial charge in [0.2, 0.25) is 17.7 Å². The van der Waals surface area contributed by atoms with Crippen LogP contribution in [-0.4, -0.2) is 77.2 Å². The fourth-order valence-electron chi connectivity index (χ4n) is 4.33. The number of benzene rings is 1. The van der Waals surface area contributed by atoms with Gasteiger partial charge in [0.15, 0.2) is 0 Å². The van der Waals surface area contributed by atoms with Crippen LogP contribution in [0.1, 0.15) is 44.9 Å². The molecule has 0 saturated carbocycles. The molecule has 3 amide bonds. The number of amides is 3. The molecule has 38 heavy (non-hydrogen) atoms. The number of β-amino-alcohol motifs (C(OH)–C–C–N with tert-alkyl or cyclic N) is 1. The minimum absolute atomic E-state index is 0.0231. The Kier molecular flexibility index (Phi) is 10.4. The number of aryl methyl sites for hydroxylation is 1. The first-order valence-electron chi connectivity index (χ1n) is 12.8. The van der Waals surface area contributed by atoms with E-state index >= 15 is 0 Å². The molecule has 1 aliphatic heterocycles. The van der Waals surface area contributed by atoms with Gasteiger partial charge in [0.05, 0.1) is 22.2 Å². The Morgan fingerprint density at radius 3 is 2.58 bits per heavy atom. The molecule has 208 valence electrons. The molecule has 1 saturated heterocycles. The first kappa shape index (κ1) is 29.7. The van der Waals surface area contributed by atoms with E-state index in [1.807, 2.05) is 57.5 Å². The Morgan fingerprint density at radius 1 is 1.26 bits per heavy atom. The third kappa shape index (κ3) is 7.83. The number of nitrogens with zero attached hydrogens (tertiary/aromatic N) is 2. The molecule has 0 bridgehead atoms. The molecule has 1 aromatic carbocycles. The van der Waals surface area contributed by atoms with Crippen molar-refractivity contribution in [3.8, 4) is 10.4 Å². The number of aliphatic hydroxyl groups excluding tert-OH is 1. The van der Waals surface area contributed by atoms with Crippen LogP contribution in [-0.2, 0) is 25.7 Å². The molecule has 5 N–H and O–H groups in total. The number of hydrogen-bond acceptors (Lipinski definition) is 8. The van der Waals surface area contributed by atoms with Gasteiger partial charge in [-0.25, -0.2) is 4.98 Å². The van der Waals surface area contributed by atoms with Crippen molar-refractivity contribution >= 4 is 29.1 Å². The summed E-state index contributed by atoms with van der Waals surface area (Å²) in [5, 5.41) is 16.0. The van der Waals surface area contributed by atoms with Gasteiger partial charge in [0.25, 0.3) is 0 Å². The van der Waals surface area contributed by atoms with Crippen molar-refractivity contribution in [3.63, 3.8) is 0 Å². The van der Waals surface area contributed by atoms with Gasteiger partial charge >= 0.3 is 0 Å². The lowest BCUT2D eigenvalue weighted by atomic mass is 9.85. The van der Waals surface area contributed by atoms with Crippen LogP contribution in [0.2, 0.25) is 0 Å². The summed E-state index contributed by atoms with van der Waals surface area (Å²) < 4.78 is 5.32. The molecule has 1 aliphatic rings. The Bertz CT molecular complexity index is 1100. The van der Waals surface area contributed by atoms with Gasteiger partial charge in [0, 0.05) is 26.1 Å². The van der Waals surface area contributed by atoms with E-state index in [1.165, 1.54) is 4.90 Å². The number of hydrogen-bond donors (Lipinski definition) is 4. The molecule has 3 rings (SSSR count). The van der Waals surface area contributed by atoms with E-state index in [9.17, 15) is 19.5 Å². The highest BCUT2D eigenvalue weighted by Gasteiger charge is 2.44. The Morgan fingerprint density at radius 2 is 1.97 bits per heavy atom. The van der Waals surface area contributed by atoms with Crippen LogP contribution in [0.5, 0.6) is 0 Å². The quantitative estimate of drug-likeness (QED) is 0.314. The second-order valence-corrected chi connectivity index (χ2v) is 11.5. The standard InChI is InChI=1S/C27H39N5O5S/c1-17-23(38-16-30-17)19-8-6-18(7-9-19)13-29-25(35)21-12-20(33)14-32(21)26(36)24(27(2,3)4)31-22(34)15-37-11-5-10-28/h6-9,16,20-21,24,33H,5,10-15,28H2,1-4H3,(H,29,35)(H,31,34). The minimum Gasteiger partial charge on any atom is -0.391 e. The van der Waals surface area contributed by atoms with Crippen molar-refractivity contribution in [2.24, 2.45) is 11.1 Å². The summed E-state index contributed by atoms with van der Waals surface area (Å²) in [6, 6.07) is 6.15. The Hall–Kier alpha value is -2.86. The molecular formula is C27H39N5O5S. The van der Waals surface area contributed by atoms with E-state index in [-0.39, 0.29) is 32.0 Å². The highest BCUT2D eigenvalue weighted by molar-refractivity contribution is 7.13. The van der Waals surface area contributed by atoms with Crippen LogP contribution in [0, 0.1) is 12.3 Å². The van der Waals surface area contributed by atoms with Gasteiger partial charge < -0.3 is 31.1 Å². The normalized spacial score (nSPS) is 18.3. The number of ether oxygens (including phenoxy) is 1. The molecule has 2 heterocycles. The zero-order valence-corrected chi connectivity index (χ0v) is 23.3. The first-order chi connectivity index (χ1) is 18.0. The molecule has 3 unspecified atom stereocenters. The Labute approximate surface area is 228 Å². The fraction of sp³-hybridized carbons (Fsp3) is 0.556. The molecule has 1 aromatic heterocycles. The van der Waals surface area contributed by atoms with Gasteiger partial charge in [-0.3, -0.25) is 14.4 Å². The van der Waals surface area contributed by atoms with Gasteiger partial charge in [-0.1, -0.05) is 45.0 Å². The maximum absolute atomic E-state index is 13.6. The second-order valence-electron chi connectivity index (χ2n) is 10.6. The molecule has 0 radical (unpaired) electrons. The largest absolute Gasteiger partial charge is 0.391 e. The molecule has 11 heteroatoms. The summed E-state index contributed by atoms with van der Waals surface area (Å²) in [4.78, 5) is 45.9. The lowest BCUT2D eigenvalue weighted by Crippen LogP contribution is -2.58. The summed E-state index contributed by atoms with van der Waals surface area (Å²) in [6.07, 6.45) is -0.0610. The van der Waals surface area contributed by atoms with E-state index in [0.717, 1.165) is 21.7 Å². The molecule has 2 aromatic rings. The summed E-state index contributed by atoms with van der Waals surface area (Å²) in [5.74, 6) is -1.18. The Balaban J connectivity index is 1.63. The van der Waals surface area contributed by atoms with Crippen LogP contribution < -0.4 is 16.4 Å². The number of aromatic nitrogens is 1. The second kappa shape index (κ2) is 13.3. The van der Waals surface area contributed by atoms with E-state index in [0.29, 0.717) is 19.6 Å². The maximum Gasteiger partial charge on any atom is 0.246 e.